The van der Waals surface area contributed by atoms with Crippen LogP contribution in [0.5, 0.6) is 0 Å². The highest BCUT2D eigenvalue weighted by atomic mass is 35.5. The van der Waals surface area contributed by atoms with Crippen LogP contribution in [0.2, 0.25) is 5.02 Å². The van der Waals surface area contributed by atoms with Gasteiger partial charge in [0, 0.05) is 32.1 Å². The molecule has 0 amide bonds. The largest absolute Gasteiger partial charge is 0.388 e. The average Bonchev–Trinajstić information content (AvgIpc) is 3.13. The van der Waals surface area contributed by atoms with Crippen molar-refractivity contribution in [1.29, 1.82) is 0 Å². The molecule has 21 heavy (non-hydrogen) atoms. The zero-order valence-corrected chi connectivity index (χ0v) is 13.7. The number of halogens is 1. The number of thiophene rings is 1. The van der Waals surface area contributed by atoms with E-state index in [1.54, 1.807) is 23.1 Å². The minimum Gasteiger partial charge on any atom is -0.388 e. The van der Waals surface area contributed by atoms with Gasteiger partial charge in [0.05, 0.1) is 18.3 Å². The van der Waals surface area contributed by atoms with E-state index in [1.807, 2.05) is 13.0 Å². The Labute approximate surface area is 135 Å². The van der Waals surface area contributed by atoms with Gasteiger partial charge in [0.15, 0.2) is 5.17 Å². The van der Waals surface area contributed by atoms with Crippen molar-refractivity contribution in [3.63, 3.8) is 0 Å². The molecule has 6 heteroatoms. The van der Waals surface area contributed by atoms with Gasteiger partial charge in [-0.3, -0.25) is 4.99 Å². The minimum atomic E-state index is -0.496. The highest BCUT2D eigenvalue weighted by Gasteiger charge is 2.35. The lowest BCUT2D eigenvalue weighted by atomic mass is 10.1. The molecule has 3 nitrogen and oxygen atoms in total. The minimum absolute atomic E-state index is 0.496. The summed E-state index contributed by atoms with van der Waals surface area (Å²) in [5.41, 5.74) is 2.23. The smallest absolute Gasteiger partial charge is 0.168 e. The fourth-order valence-corrected chi connectivity index (χ4v) is 5.12. The van der Waals surface area contributed by atoms with Crippen LogP contribution in [0.25, 0.3) is 15.8 Å². The summed E-state index contributed by atoms with van der Waals surface area (Å²) in [4.78, 5) is 7.72. The molecule has 0 aliphatic carbocycles. The molecule has 0 spiro atoms. The van der Waals surface area contributed by atoms with Crippen molar-refractivity contribution in [3.05, 3.63) is 39.1 Å². The zero-order chi connectivity index (χ0) is 14.6. The molecule has 0 radical (unpaired) electrons. The van der Waals surface area contributed by atoms with E-state index in [0.29, 0.717) is 0 Å². The van der Waals surface area contributed by atoms with Crippen LogP contribution in [0, 0.1) is 0 Å². The van der Waals surface area contributed by atoms with Crippen LogP contribution in [-0.4, -0.2) is 34.4 Å². The van der Waals surface area contributed by atoms with E-state index in [4.69, 9.17) is 11.6 Å². The van der Waals surface area contributed by atoms with Crippen molar-refractivity contribution in [2.24, 2.45) is 4.99 Å². The van der Waals surface area contributed by atoms with Gasteiger partial charge in [-0.25, -0.2) is 0 Å². The number of hydrogen-bond donors (Lipinski definition) is 1. The summed E-state index contributed by atoms with van der Waals surface area (Å²) < 4.78 is 1.17. The molecular formula is C15H13ClN2OS2. The standard InChI is InChI=1S/C15H13ClN2OS2/c1-8(19)13-12(18-6-5-17-15(18)21-13)10-2-3-11(16)9-4-7-20-14(9)10/h2-4,7-8,19H,5-6H2,1H3. The van der Waals surface area contributed by atoms with Gasteiger partial charge in [-0.1, -0.05) is 23.4 Å². The van der Waals surface area contributed by atoms with Crippen LogP contribution in [0.4, 0.5) is 0 Å². The van der Waals surface area contributed by atoms with Gasteiger partial charge < -0.3 is 10.0 Å². The SMILES string of the molecule is CC(O)C1=C(c2ccc(Cl)c3ccsc23)N2CCN=C2S1. The number of aliphatic hydroxyl groups excluding tert-OH is 1. The third-order valence-electron chi connectivity index (χ3n) is 3.70. The van der Waals surface area contributed by atoms with Crippen molar-refractivity contribution >= 4 is 55.7 Å². The molecule has 108 valence electrons. The molecule has 2 aliphatic heterocycles. The maximum Gasteiger partial charge on any atom is 0.168 e. The Morgan fingerprint density at radius 1 is 1.38 bits per heavy atom. The molecule has 2 aliphatic rings. The number of aliphatic hydroxyl groups is 1. The first kappa shape index (κ1) is 13.6. The summed E-state index contributed by atoms with van der Waals surface area (Å²) in [7, 11) is 0. The highest BCUT2D eigenvalue weighted by Crippen LogP contribution is 2.46. The van der Waals surface area contributed by atoms with E-state index in [0.717, 1.165) is 44.8 Å². The number of aliphatic imine (C=N–C) groups is 1. The highest BCUT2D eigenvalue weighted by molar-refractivity contribution is 8.17. The van der Waals surface area contributed by atoms with Gasteiger partial charge in [0.25, 0.3) is 0 Å². The Morgan fingerprint density at radius 3 is 3.05 bits per heavy atom. The van der Waals surface area contributed by atoms with Crippen molar-refractivity contribution < 1.29 is 5.11 Å². The van der Waals surface area contributed by atoms with E-state index >= 15 is 0 Å². The van der Waals surface area contributed by atoms with E-state index in [1.165, 1.54) is 4.70 Å². The number of hydrogen-bond acceptors (Lipinski definition) is 5. The number of rotatable bonds is 2. The molecule has 1 aromatic heterocycles. The average molecular weight is 337 g/mol. The lowest BCUT2D eigenvalue weighted by Crippen LogP contribution is -2.20. The lowest BCUT2D eigenvalue weighted by molar-refractivity contribution is 0.240. The Balaban J connectivity index is 1.97. The second kappa shape index (κ2) is 5.02. The maximum atomic E-state index is 10.1. The lowest BCUT2D eigenvalue weighted by Gasteiger charge is -2.19. The summed E-state index contributed by atoms with van der Waals surface area (Å²) in [5.74, 6) is 0. The maximum absolute atomic E-state index is 10.1. The Bertz CT molecular complexity index is 794. The van der Waals surface area contributed by atoms with Crippen LogP contribution >= 0.6 is 34.7 Å². The third-order valence-corrected chi connectivity index (χ3v) is 6.27. The predicted octanol–water partition coefficient (Wildman–Crippen LogP) is 4.02. The van der Waals surface area contributed by atoms with E-state index < -0.39 is 6.10 Å². The van der Waals surface area contributed by atoms with Gasteiger partial charge in [-0.2, -0.15) is 0 Å². The molecule has 0 saturated carbocycles. The summed E-state index contributed by atoms with van der Waals surface area (Å²) in [6.45, 7) is 3.51. The van der Waals surface area contributed by atoms with Crippen LogP contribution in [0.1, 0.15) is 12.5 Å². The summed E-state index contributed by atoms with van der Waals surface area (Å²) in [6.07, 6.45) is -0.496. The van der Waals surface area contributed by atoms with E-state index in [2.05, 4.69) is 27.4 Å². The molecule has 1 N–H and O–H groups in total. The monoisotopic (exact) mass is 336 g/mol. The topological polar surface area (TPSA) is 35.8 Å². The van der Waals surface area contributed by atoms with Gasteiger partial charge in [-0.15, -0.1) is 11.3 Å². The van der Waals surface area contributed by atoms with E-state index in [9.17, 15) is 5.11 Å². The van der Waals surface area contributed by atoms with Gasteiger partial charge in [0.2, 0.25) is 0 Å². The van der Waals surface area contributed by atoms with Crippen molar-refractivity contribution in [2.45, 2.75) is 13.0 Å². The van der Waals surface area contributed by atoms with Crippen LogP contribution in [0.3, 0.4) is 0 Å². The van der Waals surface area contributed by atoms with Gasteiger partial charge in [-0.05, 0) is 30.5 Å². The Hall–Kier alpha value is -1.01. The van der Waals surface area contributed by atoms with Crippen molar-refractivity contribution in [3.8, 4) is 0 Å². The number of benzene rings is 1. The molecule has 0 bridgehead atoms. The van der Waals surface area contributed by atoms with Crippen LogP contribution < -0.4 is 0 Å². The normalized spacial score (nSPS) is 19.4. The molecule has 3 heterocycles. The molecule has 2 aromatic rings. The number of amidine groups is 1. The van der Waals surface area contributed by atoms with Gasteiger partial charge >= 0.3 is 0 Å². The molecule has 1 aromatic carbocycles. The second-order valence-corrected chi connectivity index (χ2v) is 7.40. The van der Waals surface area contributed by atoms with Crippen LogP contribution in [0.15, 0.2) is 33.5 Å². The Kier molecular flexibility index (Phi) is 3.26. The molecule has 1 unspecified atom stereocenters. The third kappa shape index (κ3) is 2.03. The quantitative estimate of drug-likeness (QED) is 0.899. The number of nitrogens with zero attached hydrogens (tertiary/aromatic N) is 2. The number of fused-ring (bicyclic) bond motifs is 2. The first-order chi connectivity index (χ1) is 10.2. The number of thioether (sulfide) groups is 1. The Morgan fingerprint density at radius 2 is 2.24 bits per heavy atom. The van der Waals surface area contributed by atoms with Crippen LogP contribution in [-0.2, 0) is 0 Å². The second-order valence-electron chi connectivity index (χ2n) is 5.07. The zero-order valence-electron chi connectivity index (χ0n) is 11.3. The molecule has 0 saturated heterocycles. The fourth-order valence-electron chi connectivity index (χ4n) is 2.78. The molecule has 1 atom stereocenters. The predicted molar refractivity (Wildman–Crippen MR) is 92.0 cm³/mol. The van der Waals surface area contributed by atoms with Crippen molar-refractivity contribution in [1.82, 2.24) is 4.90 Å². The first-order valence-electron chi connectivity index (χ1n) is 6.75. The summed E-state index contributed by atoms with van der Waals surface area (Å²) >= 11 is 9.56. The van der Waals surface area contributed by atoms with E-state index in [-0.39, 0.29) is 0 Å². The molecular weight excluding hydrogens is 324 g/mol. The van der Waals surface area contributed by atoms with Crippen molar-refractivity contribution in [2.75, 3.05) is 13.1 Å². The molecule has 0 fully saturated rings. The first-order valence-corrected chi connectivity index (χ1v) is 8.82. The molecule has 4 rings (SSSR count). The summed E-state index contributed by atoms with van der Waals surface area (Å²) in [5, 5.41) is 15.0. The van der Waals surface area contributed by atoms with Gasteiger partial charge in [0.1, 0.15) is 0 Å². The summed E-state index contributed by atoms with van der Waals surface area (Å²) in [6, 6.07) is 6.05. The fraction of sp³-hybridized carbons (Fsp3) is 0.267.